The van der Waals surface area contributed by atoms with Crippen LogP contribution in [0.4, 0.5) is 9.18 Å². The first kappa shape index (κ1) is 16.9. The van der Waals surface area contributed by atoms with Gasteiger partial charge < -0.3 is 15.3 Å². The lowest BCUT2D eigenvalue weighted by Crippen LogP contribution is -2.38. The van der Waals surface area contributed by atoms with Crippen LogP contribution in [0.1, 0.15) is 23.6 Å². The van der Waals surface area contributed by atoms with Crippen molar-refractivity contribution < 1.29 is 19.1 Å². The zero-order chi connectivity index (χ0) is 17.8. The van der Waals surface area contributed by atoms with Gasteiger partial charge in [0.25, 0.3) is 0 Å². The van der Waals surface area contributed by atoms with Gasteiger partial charge in [-0.3, -0.25) is 4.79 Å². The fourth-order valence-electron chi connectivity index (χ4n) is 3.13. The van der Waals surface area contributed by atoms with Gasteiger partial charge in [0.05, 0.1) is 18.3 Å². The topological polar surface area (TPSA) is 111 Å². The summed E-state index contributed by atoms with van der Waals surface area (Å²) in [7, 11) is 0. The molecule has 0 unspecified atom stereocenters. The number of hydrogen-bond donors (Lipinski definition) is 3. The number of carboxylic acid groups (broad SMARTS) is 1. The molecule has 1 aromatic carbocycles. The number of aromatic nitrogens is 3. The molecule has 9 heteroatoms. The maximum absolute atomic E-state index is 13.2. The first-order valence-corrected chi connectivity index (χ1v) is 7.87. The van der Waals surface area contributed by atoms with Crippen molar-refractivity contribution in [2.45, 2.75) is 18.9 Å². The Morgan fingerprint density at radius 1 is 1.40 bits per heavy atom. The summed E-state index contributed by atoms with van der Waals surface area (Å²) in [6.45, 7) is 0.879. The summed E-state index contributed by atoms with van der Waals surface area (Å²) < 4.78 is 13.2. The Balaban J connectivity index is 1.63. The highest BCUT2D eigenvalue weighted by atomic mass is 19.1. The van der Waals surface area contributed by atoms with Gasteiger partial charge in [-0.15, -0.1) is 0 Å². The van der Waals surface area contributed by atoms with Crippen LogP contribution in [-0.4, -0.2) is 50.5 Å². The number of H-pyrrole nitrogens is 1. The number of nitrogens with zero attached hydrogens (tertiary/aromatic N) is 3. The van der Waals surface area contributed by atoms with E-state index in [1.165, 1.54) is 12.1 Å². The molecule has 3 rings (SSSR count). The van der Waals surface area contributed by atoms with E-state index in [-0.39, 0.29) is 36.6 Å². The van der Waals surface area contributed by atoms with E-state index in [1.807, 2.05) is 0 Å². The molecule has 0 spiro atoms. The summed E-state index contributed by atoms with van der Waals surface area (Å²) in [5.41, 5.74) is 1.30. The minimum atomic E-state index is -0.916. The minimum Gasteiger partial charge on any atom is -0.481 e. The number of carbonyl (C=O) groups is 2. The van der Waals surface area contributed by atoms with E-state index in [9.17, 15) is 14.0 Å². The molecule has 1 aliphatic rings. The maximum atomic E-state index is 13.2. The first-order valence-electron chi connectivity index (χ1n) is 7.87. The van der Waals surface area contributed by atoms with Gasteiger partial charge in [0.15, 0.2) is 0 Å². The van der Waals surface area contributed by atoms with Crippen molar-refractivity contribution in [1.29, 1.82) is 0 Å². The van der Waals surface area contributed by atoms with Crippen molar-refractivity contribution in [2.75, 3.05) is 13.1 Å². The molecular weight excluding hydrogens is 329 g/mol. The molecule has 1 aromatic heterocycles. The molecule has 1 saturated heterocycles. The van der Waals surface area contributed by atoms with Crippen LogP contribution >= 0.6 is 0 Å². The van der Waals surface area contributed by atoms with Crippen molar-refractivity contribution in [1.82, 2.24) is 25.6 Å². The normalized spacial score (nSPS) is 19.8. The summed E-state index contributed by atoms with van der Waals surface area (Å²) in [5.74, 6) is -1.70. The van der Waals surface area contributed by atoms with Crippen molar-refractivity contribution in [3.8, 4) is 0 Å². The Hall–Kier alpha value is -2.97. The second-order valence-electron chi connectivity index (χ2n) is 6.05. The van der Waals surface area contributed by atoms with E-state index in [1.54, 1.807) is 23.2 Å². The lowest BCUT2D eigenvalue weighted by molar-refractivity contribution is -0.138. The molecular formula is C16H18FN5O3. The third kappa shape index (κ3) is 4.11. The quantitative estimate of drug-likeness (QED) is 0.756. The molecule has 0 saturated carbocycles. The third-order valence-electron chi connectivity index (χ3n) is 4.31. The predicted octanol–water partition coefficient (Wildman–Crippen LogP) is 1.34. The second-order valence-corrected chi connectivity index (χ2v) is 6.05. The number of carbonyl (C=O) groups excluding carboxylic acids is 1. The van der Waals surface area contributed by atoms with E-state index < -0.39 is 5.97 Å². The third-order valence-corrected chi connectivity index (χ3v) is 4.31. The molecule has 25 heavy (non-hydrogen) atoms. The van der Waals surface area contributed by atoms with Gasteiger partial charge in [-0.2, -0.15) is 15.4 Å². The van der Waals surface area contributed by atoms with Crippen molar-refractivity contribution in [3.05, 3.63) is 47.5 Å². The fraction of sp³-hybridized carbons (Fsp3) is 0.375. The second kappa shape index (κ2) is 7.29. The molecule has 3 N–H and O–H groups in total. The molecule has 2 amide bonds. The molecule has 2 heterocycles. The van der Waals surface area contributed by atoms with Crippen LogP contribution < -0.4 is 5.32 Å². The Kier molecular flexibility index (Phi) is 4.92. The van der Waals surface area contributed by atoms with Gasteiger partial charge in [0.1, 0.15) is 5.82 Å². The highest BCUT2D eigenvalue weighted by Crippen LogP contribution is 2.33. The molecule has 2 atom stereocenters. The van der Waals surface area contributed by atoms with E-state index in [0.29, 0.717) is 24.3 Å². The summed E-state index contributed by atoms with van der Waals surface area (Å²) in [4.78, 5) is 25.0. The van der Waals surface area contributed by atoms with Crippen LogP contribution in [0.2, 0.25) is 0 Å². The number of aliphatic carboxylic acids is 1. The lowest BCUT2D eigenvalue weighted by atomic mass is 9.91. The Bertz CT molecular complexity index is 752. The largest absolute Gasteiger partial charge is 0.481 e. The van der Waals surface area contributed by atoms with Crippen molar-refractivity contribution in [2.24, 2.45) is 5.92 Å². The van der Waals surface area contributed by atoms with Gasteiger partial charge >= 0.3 is 12.0 Å². The van der Waals surface area contributed by atoms with Gasteiger partial charge in [-0.05, 0) is 23.6 Å². The number of hydrogen-bond acceptors (Lipinski definition) is 4. The minimum absolute atomic E-state index is 0.0504. The maximum Gasteiger partial charge on any atom is 0.317 e. The van der Waals surface area contributed by atoms with Crippen LogP contribution in [0.15, 0.2) is 30.5 Å². The van der Waals surface area contributed by atoms with E-state index in [2.05, 4.69) is 20.7 Å². The monoisotopic (exact) mass is 347 g/mol. The van der Waals surface area contributed by atoms with Crippen LogP contribution in [-0.2, 0) is 11.3 Å². The fourth-order valence-corrected chi connectivity index (χ4v) is 3.13. The number of amides is 2. The molecule has 2 aromatic rings. The van der Waals surface area contributed by atoms with Gasteiger partial charge in [-0.25, -0.2) is 9.18 Å². The Labute approximate surface area is 143 Å². The van der Waals surface area contributed by atoms with Crippen LogP contribution in [0.25, 0.3) is 0 Å². The number of carboxylic acids is 1. The molecule has 0 radical (unpaired) electrons. The van der Waals surface area contributed by atoms with Crippen LogP contribution in [0.5, 0.6) is 0 Å². The summed E-state index contributed by atoms with van der Waals surface area (Å²) in [6.07, 6.45) is 1.50. The van der Waals surface area contributed by atoms with Crippen molar-refractivity contribution >= 4 is 12.0 Å². The average molecular weight is 347 g/mol. The molecule has 132 valence electrons. The van der Waals surface area contributed by atoms with Crippen LogP contribution in [0, 0.1) is 11.7 Å². The number of nitrogens with one attached hydrogen (secondary N) is 2. The molecule has 1 aliphatic heterocycles. The van der Waals surface area contributed by atoms with Crippen LogP contribution in [0.3, 0.4) is 0 Å². The molecule has 0 bridgehead atoms. The summed E-state index contributed by atoms with van der Waals surface area (Å²) >= 11 is 0. The number of halogens is 1. The average Bonchev–Trinajstić information content (AvgIpc) is 3.21. The molecule has 8 nitrogen and oxygen atoms in total. The van der Waals surface area contributed by atoms with Gasteiger partial charge in [-0.1, -0.05) is 12.1 Å². The highest BCUT2D eigenvalue weighted by molar-refractivity contribution is 5.75. The first-order chi connectivity index (χ1) is 12.0. The van der Waals surface area contributed by atoms with E-state index in [4.69, 9.17) is 5.11 Å². The number of rotatable bonds is 5. The smallest absolute Gasteiger partial charge is 0.317 e. The summed E-state index contributed by atoms with van der Waals surface area (Å²) in [6, 6.07) is 5.68. The Morgan fingerprint density at radius 2 is 2.24 bits per heavy atom. The van der Waals surface area contributed by atoms with Crippen molar-refractivity contribution in [3.63, 3.8) is 0 Å². The molecule has 1 fully saturated rings. The zero-order valence-electron chi connectivity index (χ0n) is 13.4. The predicted molar refractivity (Wildman–Crippen MR) is 85.1 cm³/mol. The van der Waals surface area contributed by atoms with E-state index in [0.717, 1.165) is 0 Å². The standard InChI is InChI=1S/C16H18FN5O3/c17-12-3-1-2-10(4-12)6-18-16(25)22-8-11(5-15(23)24)13(9-22)14-7-19-21-20-14/h1-4,7,11,13H,5-6,8-9H2,(H,18,25)(H,23,24)(H,19,20,21)/t11-,13+/m1/s1. The molecule has 0 aliphatic carbocycles. The van der Waals surface area contributed by atoms with Gasteiger partial charge in [0.2, 0.25) is 0 Å². The number of benzene rings is 1. The zero-order valence-corrected chi connectivity index (χ0v) is 13.4. The lowest BCUT2D eigenvalue weighted by Gasteiger charge is -2.17. The SMILES string of the molecule is O=C(O)C[C@@H]1CN(C(=O)NCc2cccc(F)c2)C[C@@H]1c1cn[nH]n1. The number of aromatic amines is 1. The highest BCUT2D eigenvalue weighted by Gasteiger charge is 2.38. The van der Waals surface area contributed by atoms with E-state index >= 15 is 0 Å². The summed E-state index contributed by atoms with van der Waals surface area (Å²) in [5, 5.41) is 22.1. The Morgan fingerprint density at radius 3 is 2.92 bits per heavy atom. The number of urea groups is 1. The number of likely N-dealkylation sites (tertiary alicyclic amines) is 1. The van der Waals surface area contributed by atoms with Gasteiger partial charge in [0, 0.05) is 25.6 Å².